The van der Waals surface area contributed by atoms with Crippen LogP contribution >= 0.6 is 11.3 Å². The molecule has 0 saturated heterocycles. The zero-order valence-electron chi connectivity index (χ0n) is 8.15. The maximum atomic E-state index is 10.9. The standard InChI is InChI=1S/C10H10N2O2S/c1-2-6-8(10(13)14)12-9(11-6)7-4-3-5-15-7/h3-5H,2H2,1H3,(H,11,12)(H,13,14). The van der Waals surface area contributed by atoms with E-state index in [1.165, 1.54) is 11.3 Å². The van der Waals surface area contributed by atoms with Gasteiger partial charge in [0.25, 0.3) is 0 Å². The highest BCUT2D eigenvalue weighted by Gasteiger charge is 2.16. The van der Waals surface area contributed by atoms with Crippen LogP contribution in [0.4, 0.5) is 0 Å². The molecule has 2 heterocycles. The number of rotatable bonds is 3. The number of imidazole rings is 1. The number of nitrogens with zero attached hydrogens (tertiary/aromatic N) is 1. The third-order valence-electron chi connectivity index (χ3n) is 2.09. The van der Waals surface area contributed by atoms with Crippen LogP contribution in [-0.2, 0) is 6.42 Å². The number of aromatic carboxylic acids is 1. The third-order valence-corrected chi connectivity index (χ3v) is 2.97. The van der Waals surface area contributed by atoms with E-state index in [9.17, 15) is 4.79 Å². The normalized spacial score (nSPS) is 10.5. The summed E-state index contributed by atoms with van der Waals surface area (Å²) in [4.78, 5) is 19.0. The van der Waals surface area contributed by atoms with Crippen LogP contribution in [0.15, 0.2) is 17.5 Å². The van der Waals surface area contributed by atoms with Crippen LogP contribution < -0.4 is 0 Å². The monoisotopic (exact) mass is 222 g/mol. The zero-order chi connectivity index (χ0) is 10.8. The molecule has 78 valence electrons. The van der Waals surface area contributed by atoms with E-state index in [0.29, 0.717) is 17.9 Å². The fraction of sp³-hybridized carbons (Fsp3) is 0.200. The molecule has 0 unspecified atom stereocenters. The average Bonchev–Trinajstić information content (AvgIpc) is 2.86. The van der Waals surface area contributed by atoms with Gasteiger partial charge in [0.1, 0.15) is 5.82 Å². The topological polar surface area (TPSA) is 66.0 Å². The predicted octanol–water partition coefficient (Wildman–Crippen LogP) is 2.40. The third kappa shape index (κ3) is 1.78. The maximum Gasteiger partial charge on any atom is 0.356 e. The van der Waals surface area contributed by atoms with Crippen molar-refractivity contribution in [3.8, 4) is 10.7 Å². The van der Waals surface area contributed by atoms with Gasteiger partial charge in [0.15, 0.2) is 5.69 Å². The second-order valence-electron chi connectivity index (χ2n) is 3.05. The number of carboxylic acid groups (broad SMARTS) is 1. The molecule has 0 radical (unpaired) electrons. The summed E-state index contributed by atoms with van der Waals surface area (Å²) in [5.41, 5.74) is 0.798. The van der Waals surface area contributed by atoms with Crippen molar-refractivity contribution >= 4 is 17.3 Å². The van der Waals surface area contributed by atoms with Gasteiger partial charge in [0.05, 0.1) is 4.88 Å². The highest BCUT2D eigenvalue weighted by Crippen LogP contribution is 2.23. The molecule has 2 aromatic heterocycles. The Morgan fingerprint density at radius 3 is 2.93 bits per heavy atom. The molecule has 0 aliphatic heterocycles. The van der Waals surface area contributed by atoms with E-state index in [-0.39, 0.29) is 5.69 Å². The first kappa shape index (κ1) is 9.92. The minimum Gasteiger partial charge on any atom is -0.476 e. The lowest BCUT2D eigenvalue weighted by Crippen LogP contribution is -2.00. The Hall–Kier alpha value is -1.62. The molecule has 2 aromatic rings. The van der Waals surface area contributed by atoms with E-state index < -0.39 is 5.97 Å². The van der Waals surface area contributed by atoms with E-state index in [0.717, 1.165) is 4.88 Å². The Kier molecular flexibility index (Phi) is 2.55. The summed E-state index contributed by atoms with van der Waals surface area (Å²) in [5, 5.41) is 10.9. The fourth-order valence-electron chi connectivity index (χ4n) is 1.37. The maximum absolute atomic E-state index is 10.9. The minimum absolute atomic E-state index is 0.126. The van der Waals surface area contributed by atoms with Crippen LogP contribution in [0, 0.1) is 0 Å². The van der Waals surface area contributed by atoms with Crippen molar-refractivity contribution in [2.75, 3.05) is 0 Å². The van der Waals surface area contributed by atoms with Crippen molar-refractivity contribution in [2.24, 2.45) is 0 Å². The number of H-pyrrole nitrogens is 1. The molecule has 0 aliphatic carbocycles. The van der Waals surface area contributed by atoms with Gasteiger partial charge in [-0.15, -0.1) is 11.3 Å². The Labute approximate surface area is 90.6 Å². The molecule has 0 atom stereocenters. The van der Waals surface area contributed by atoms with Gasteiger partial charge in [0, 0.05) is 5.69 Å². The lowest BCUT2D eigenvalue weighted by Gasteiger charge is -1.90. The van der Waals surface area contributed by atoms with Crippen molar-refractivity contribution in [3.05, 3.63) is 28.9 Å². The van der Waals surface area contributed by atoms with Crippen LogP contribution in [0.2, 0.25) is 0 Å². The highest BCUT2D eigenvalue weighted by atomic mass is 32.1. The average molecular weight is 222 g/mol. The van der Waals surface area contributed by atoms with Crippen molar-refractivity contribution in [2.45, 2.75) is 13.3 Å². The second kappa shape index (κ2) is 3.86. The molecule has 0 aliphatic rings. The summed E-state index contributed by atoms with van der Waals surface area (Å²) in [6.45, 7) is 1.90. The number of thiophene rings is 1. The van der Waals surface area contributed by atoms with Crippen LogP contribution in [-0.4, -0.2) is 21.0 Å². The first-order valence-electron chi connectivity index (χ1n) is 4.58. The smallest absolute Gasteiger partial charge is 0.356 e. The Morgan fingerprint density at radius 1 is 1.67 bits per heavy atom. The molecule has 0 saturated carbocycles. The van der Waals surface area contributed by atoms with Crippen LogP contribution in [0.3, 0.4) is 0 Å². The van der Waals surface area contributed by atoms with Gasteiger partial charge in [-0.2, -0.15) is 0 Å². The van der Waals surface area contributed by atoms with Crippen molar-refractivity contribution in [1.82, 2.24) is 9.97 Å². The largest absolute Gasteiger partial charge is 0.476 e. The molecular formula is C10H10N2O2S. The van der Waals surface area contributed by atoms with Crippen molar-refractivity contribution in [1.29, 1.82) is 0 Å². The van der Waals surface area contributed by atoms with Crippen LogP contribution in [0.25, 0.3) is 10.7 Å². The zero-order valence-corrected chi connectivity index (χ0v) is 8.97. The first-order valence-corrected chi connectivity index (χ1v) is 5.46. The SMILES string of the molecule is CCc1[nH]c(-c2cccs2)nc1C(=O)O. The summed E-state index contributed by atoms with van der Waals surface area (Å²) in [7, 11) is 0. The number of aromatic amines is 1. The van der Waals surface area contributed by atoms with Crippen molar-refractivity contribution in [3.63, 3.8) is 0 Å². The molecule has 0 aromatic carbocycles. The lowest BCUT2D eigenvalue weighted by atomic mass is 10.3. The summed E-state index contributed by atoms with van der Waals surface area (Å²) in [6, 6.07) is 3.82. The molecule has 0 bridgehead atoms. The molecule has 0 spiro atoms. The molecular weight excluding hydrogens is 212 g/mol. The lowest BCUT2D eigenvalue weighted by molar-refractivity contribution is 0.0690. The number of nitrogens with one attached hydrogen (secondary N) is 1. The number of carboxylic acids is 1. The van der Waals surface area contributed by atoms with Crippen molar-refractivity contribution < 1.29 is 9.90 Å². The van der Waals surface area contributed by atoms with Gasteiger partial charge in [-0.3, -0.25) is 0 Å². The number of aryl methyl sites for hydroxylation is 1. The van der Waals surface area contributed by atoms with Gasteiger partial charge in [0.2, 0.25) is 0 Å². The first-order chi connectivity index (χ1) is 7.22. The Balaban J connectivity index is 2.48. The number of aromatic nitrogens is 2. The van der Waals surface area contributed by atoms with Gasteiger partial charge < -0.3 is 10.1 Å². The van der Waals surface area contributed by atoms with Gasteiger partial charge in [-0.1, -0.05) is 13.0 Å². The van der Waals surface area contributed by atoms with Gasteiger partial charge in [-0.05, 0) is 17.9 Å². The molecule has 0 amide bonds. The second-order valence-corrected chi connectivity index (χ2v) is 4.00. The van der Waals surface area contributed by atoms with Crippen LogP contribution in [0.1, 0.15) is 23.1 Å². The van der Waals surface area contributed by atoms with E-state index >= 15 is 0 Å². The Bertz CT molecular complexity index is 474. The molecule has 4 nitrogen and oxygen atoms in total. The molecule has 15 heavy (non-hydrogen) atoms. The number of hydrogen-bond acceptors (Lipinski definition) is 3. The molecule has 5 heteroatoms. The van der Waals surface area contributed by atoms with Gasteiger partial charge in [-0.25, -0.2) is 9.78 Å². The number of hydrogen-bond donors (Lipinski definition) is 2. The van der Waals surface area contributed by atoms with Gasteiger partial charge >= 0.3 is 5.97 Å². The van der Waals surface area contributed by atoms with E-state index in [1.54, 1.807) is 0 Å². The summed E-state index contributed by atoms with van der Waals surface area (Å²) in [6.07, 6.45) is 0.639. The van der Waals surface area contributed by atoms with Crippen LogP contribution in [0.5, 0.6) is 0 Å². The predicted molar refractivity (Wildman–Crippen MR) is 58.2 cm³/mol. The summed E-state index contributed by atoms with van der Waals surface area (Å²) >= 11 is 1.53. The summed E-state index contributed by atoms with van der Waals surface area (Å²) < 4.78 is 0. The highest BCUT2D eigenvalue weighted by molar-refractivity contribution is 7.13. The summed E-state index contributed by atoms with van der Waals surface area (Å²) in [5.74, 6) is -0.342. The number of carbonyl (C=O) groups is 1. The quantitative estimate of drug-likeness (QED) is 0.838. The molecule has 2 N–H and O–H groups in total. The minimum atomic E-state index is -0.981. The Morgan fingerprint density at radius 2 is 2.47 bits per heavy atom. The molecule has 2 rings (SSSR count). The fourth-order valence-corrected chi connectivity index (χ4v) is 2.04. The van der Waals surface area contributed by atoms with E-state index in [2.05, 4.69) is 9.97 Å². The van der Waals surface area contributed by atoms with E-state index in [1.807, 2.05) is 24.4 Å². The molecule has 0 fully saturated rings. The van der Waals surface area contributed by atoms with E-state index in [4.69, 9.17) is 5.11 Å².